The molecule has 1 saturated heterocycles. The van der Waals surface area contributed by atoms with Gasteiger partial charge in [-0.25, -0.2) is 0 Å². The van der Waals surface area contributed by atoms with Crippen molar-refractivity contribution in [1.82, 2.24) is 10.2 Å². The van der Waals surface area contributed by atoms with Gasteiger partial charge in [-0.05, 0) is 25.0 Å². The highest BCUT2D eigenvalue weighted by Gasteiger charge is 2.30. The van der Waals surface area contributed by atoms with Crippen LogP contribution in [0.1, 0.15) is 24.5 Å². The van der Waals surface area contributed by atoms with E-state index in [0.717, 1.165) is 5.56 Å². The highest BCUT2D eigenvalue weighted by molar-refractivity contribution is 5.96. The molecular formula is C16H20N2O2. The molecule has 0 bridgehead atoms. The fraction of sp³-hybridized carbons (Fsp3) is 0.375. The summed E-state index contributed by atoms with van der Waals surface area (Å²) in [5.74, 6) is -0.164. The third-order valence-corrected chi connectivity index (χ3v) is 3.50. The summed E-state index contributed by atoms with van der Waals surface area (Å²) in [4.78, 5) is 25.6. The maximum atomic E-state index is 12.2. The predicted octanol–water partition coefficient (Wildman–Crippen LogP) is 1.75. The Morgan fingerprint density at radius 1 is 1.40 bits per heavy atom. The number of hydrogen-bond acceptors (Lipinski definition) is 2. The molecule has 1 fully saturated rings. The molecule has 0 aliphatic carbocycles. The number of piperazine rings is 1. The first-order valence-corrected chi connectivity index (χ1v) is 6.95. The Morgan fingerprint density at radius 2 is 2.10 bits per heavy atom. The molecule has 2 rings (SSSR count). The van der Waals surface area contributed by atoms with Crippen molar-refractivity contribution in [2.24, 2.45) is 0 Å². The number of nitrogens with one attached hydrogen (secondary N) is 1. The van der Waals surface area contributed by atoms with Gasteiger partial charge in [0.15, 0.2) is 0 Å². The van der Waals surface area contributed by atoms with Gasteiger partial charge in [-0.1, -0.05) is 36.8 Å². The minimum absolute atomic E-state index is 0.0594. The van der Waals surface area contributed by atoms with Gasteiger partial charge in [0.2, 0.25) is 11.8 Å². The van der Waals surface area contributed by atoms with Gasteiger partial charge in [0.1, 0.15) is 6.04 Å². The number of aryl methyl sites for hydroxylation is 1. The van der Waals surface area contributed by atoms with E-state index in [1.54, 1.807) is 17.1 Å². The van der Waals surface area contributed by atoms with Crippen LogP contribution in [0.3, 0.4) is 0 Å². The predicted molar refractivity (Wildman–Crippen MR) is 79.0 cm³/mol. The van der Waals surface area contributed by atoms with Gasteiger partial charge in [-0.15, -0.1) is 0 Å². The fourth-order valence-electron chi connectivity index (χ4n) is 2.33. The van der Waals surface area contributed by atoms with E-state index < -0.39 is 0 Å². The van der Waals surface area contributed by atoms with E-state index in [1.165, 1.54) is 5.56 Å². The molecule has 4 heteroatoms. The molecule has 1 atom stereocenters. The van der Waals surface area contributed by atoms with E-state index in [0.29, 0.717) is 19.5 Å². The van der Waals surface area contributed by atoms with Crippen LogP contribution >= 0.6 is 0 Å². The smallest absolute Gasteiger partial charge is 0.247 e. The Bertz CT molecular complexity index is 520. The largest absolute Gasteiger partial charge is 0.353 e. The van der Waals surface area contributed by atoms with Crippen molar-refractivity contribution in [1.29, 1.82) is 0 Å². The van der Waals surface area contributed by atoms with Crippen molar-refractivity contribution >= 4 is 17.9 Å². The van der Waals surface area contributed by atoms with Crippen molar-refractivity contribution in [3.63, 3.8) is 0 Å². The fourth-order valence-corrected chi connectivity index (χ4v) is 2.33. The van der Waals surface area contributed by atoms with Gasteiger partial charge < -0.3 is 10.2 Å². The van der Waals surface area contributed by atoms with Gasteiger partial charge in [-0.3, -0.25) is 9.59 Å². The maximum Gasteiger partial charge on any atom is 0.247 e. The van der Waals surface area contributed by atoms with Crippen LogP contribution in [0.15, 0.2) is 30.3 Å². The molecule has 1 aromatic rings. The number of rotatable bonds is 3. The molecule has 1 unspecified atom stereocenters. The Balaban J connectivity index is 2.06. The summed E-state index contributed by atoms with van der Waals surface area (Å²) in [6.45, 7) is 5.04. The number of nitrogens with zero attached hydrogens (tertiary/aromatic N) is 1. The Labute approximate surface area is 119 Å². The quantitative estimate of drug-likeness (QED) is 0.852. The zero-order valence-corrected chi connectivity index (χ0v) is 11.9. The highest BCUT2D eigenvalue weighted by atomic mass is 16.2. The summed E-state index contributed by atoms with van der Waals surface area (Å²) in [7, 11) is 0. The first-order valence-electron chi connectivity index (χ1n) is 6.95. The second-order valence-corrected chi connectivity index (χ2v) is 4.99. The molecule has 1 aromatic carbocycles. The second kappa shape index (κ2) is 6.37. The summed E-state index contributed by atoms with van der Waals surface area (Å²) in [5.41, 5.74) is 2.17. The van der Waals surface area contributed by atoms with Crippen molar-refractivity contribution in [3.05, 3.63) is 41.5 Å². The average Bonchev–Trinajstić information content (AvgIpc) is 2.46. The molecular weight excluding hydrogens is 252 g/mol. The van der Waals surface area contributed by atoms with E-state index in [-0.39, 0.29) is 17.9 Å². The third kappa shape index (κ3) is 3.26. The summed E-state index contributed by atoms with van der Waals surface area (Å²) < 4.78 is 0. The molecule has 4 nitrogen and oxygen atoms in total. The van der Waals surface area contributed by atoms with Gasteiger partial charge in [0, 0.05) is 19.2 Å². The molecule has 0 aromatic heterocycles. The van der Waals surface area contributed by atoms with Gasteiger partial charge in [-0.2, -0.15) is 0 Å². The molecule has 1 aliphatic rings. The highest BCUT2D eigenvalue weighted by Crippen LogP contribution is 2.11. The van der Waals surface area contributed by atoms with Crippen LogP contribution in [0.25, 0.3) is 6.08 Å². The van der Waals surface area contributed by atoms with Crippen molar-refractivity contribution in [2.45, 2.75) is 26.3 Å². The van der Waals surface area contributed by atoms with E-state index in [9.17, 15) is 9.59 Å². The van der Waals surface area contributed by atoms with Crippen LogP contribution in [0.5, 0.6) is 0 Å². The summed E-state index contributed by atoms with van der Waals surface area (Å²) in [6.07, 6.45) is 3.98. The van der Waals surface area contributed by atoms with Crippen molar-refractivity contribution in [2.75, 3.05) is 13.1 Å². The number of amides is 2. The lowest BCUT2D eigenvalue weighted by molar-refractivity contribution is -0.140. The molecule has 106 valence electrons. The summed E-state index contributed by atoms with van der Waals surface area (Å²) in [5, 5.41) is 2.79. The van der Waals surface area contributed by atoms with Crippen LogP contribution < -0.4 is 5.32 Å². The first kappa shape index (κ1) is 14.3. The monoisotopic (exact) mass is 272 g/mol. The van der Waals surface area contributed by atoms with Gasteiger partial charge >= 0.3 is 0 Å². The molecule has 1 N–H and O–H groups in total. The average molecular weight is 272 g/mol. The lowest BCUT2D eigenvalue weighted by atomic mass is 10.1. The number of carbonyl (C=O) groups excluding carboxylic acids is 2. The standard InChI is InChI=1S/C16H20N2O2/c1-3-14-16(20)17-10-11-18(14)15(19)9-8-13-6-4-12(2)5-7-13/h4-9,14H,3,10-11H2,1-2H3,(H,17,20). The van der Waals surface area contributed by atoms with Gasteiger partial charge in [0.25, 0.3) is 0 Å². The minimum Gasteiger partial charge on any atom is -0.353 e. The van der Waals surface area contributed by atoms with E-state index in [4.69, 9.17) is 0 Å². The molecule has 1 aliphatic heterocycles. The van der Waals surface area contributed by atoms with Crippen LogP contribution in [-0.2, 0) is 9.59 Å². The van der Waals surface area contributed by atoms with Crippen molar-refractivity contribution in [3.8, 4) is 0 Å². The lowest BCUT2D eigenvalue weighted by Gasteiger charge is -2.33. The van der Waals surface area contributed by atoms with Crippen LogP contribution in [0.2, 0.25) is 0 Å². The third-order valence-electron chi connectivity index (χ3n) is 3.50. The minimum atomic E-state index is -0.348. The molecule has 1 heterocycles. The Morgan fingerprint density at radius 3 is 2.75 bits per heavy atom. The SMILES string of the molecule is CCC1C(=O)NCCN1C(=O)C=Cc1ccc(C)cc1. The molecule has 20 heavy (non-hydrogen) atoms. The molecule has 0 spiro atoms. The molecule has 0 saturated carbocycles. The first-order chi connectivity index (χ1) is 9.61. The number of benzene rings is 1. The maximum absolute atomic E-state index is 12.2. The van der Waals surface area contributed by atoms with Gasteiger partial charge in [0.05, 0.1) is 0 Å². The second-order valence-electron chi connectivity index (χ2n) is 4.99. The van der Waals surface area contributed by atoms with Crippen molar-refractivity contribution < 1.29 is 9.59 Å². The molecule has 2 amide bonds. The van der Waals surface area contributed by atoms with E-state index in [2.05, 4.69) is 5.32 Å². The van der Waals surface area contributed by atoms with Crippen LogP contribution in [0.4, 0.5) is 0 Å². The van der Waals surface area contributed by atoms with E-state index >= 15 is 0 Å². The molecule has 0 radical (unpaired) electrons. The Kier molecular flexibility index (Phi) is 4.56. The Hall–Kier alpha value is -2.10. The van der Waals surface area contributed by atoms with Crippen LogP contribution in [0, 0.1) is 6.92 Å². The summed E-state index contributed by atoms with van der Waals surface area (Å²) >= 11 is 0. The zero-order chi connectivity index (χ0) is 14.5. The van der Waals surface area contributed by atoms with Crippen LogP contribution in [-0.4, -0.2) is 35.8 Å². The number of hydrogen-bond donors (Lipinski definition) is 1. The topological polar surface area (TPSA) is 49.4 Å². The zero-order valence-electron chi connectivity index (χ0n) is 11.9. The lowest BCUT2D eigenvalue weighted by Crippen LogP contribution is -2.56. The summed E-state index contributed by atoms with van der Waals surface area (Å²) in [6, 6.07) is 7.61. The normalized spacial score (nSPS) is 19.2. The van der Waals surface area contributed by atoms with E-state index in [1.807, 2.05) is 38.1 Å². The number of carbonyl (C=O) groups is 2.